The predicted octanol–water partition coefficient (Wildman–Crippen LogP) is 1.28. The maximum Gasteiger partial charge on any atom is 0.277 e. The first kappa shape index (κ1) is 15.0. The number of aromatic nitrogens is 3. The molecule has 0 radical (unpaired) electrons. The Bertz CT molecular complexity index is 609. The zero-order valence-corrected chi connectivity index (χ0v) is 12.1. The Morgan fingerprint density at radius 1 is 1.43 bits per heavy atom. The molecule has 0 aliphatic rings. The summed E-state index contributed by atoms with van der Waals surface area (Å²) in [5.41, 5.74) is 6.27. The fraction of sp³-hybridized carbons (Fsp3) is 0.357. The van der Waals surface area contributed by atoms with E-state index in [9.17, 15) is 4.79 Å². The van der Waals surface area contributed by atoms with Crippen LogP contribution < -0.4 is 15.8 Å². The summed E-state index contributed by atoms with van der Waals surface area (Å²) < 4.78 is 7.19. The highest BCUT2D eigenvalue weighted by Crippen LogP contribution is 2.25. The Kier molecular flexibility index (Phi) is 4.89. The van der Waals surface area contributed by atoms with Crippen molar-refractivity contribution in [1.29, 1.82) is 0 Å². The summed E-state index contributed by atoms with van der Waals surface area (Å²) >= 11 is 0. The van der Waals surface area contributed by atoms with Crippen molar-refractivity contribution in [2.45, 2.75) is 26.5 Å². The van der Waals surface area contributed by atoms with Crippen LogP contribution in [0.4, 0.5) is 5.69 Å². The number of nitrogens with two attached hydrogens (primary N) is 1. The molecule has 2 aromatic rings. The zero-order valence-electron chi connectivity index (χ0n) is 12.1. The number of hydrogen-bond donors (Lipinski definition) is 2. The van der Waals surface area contributed by atoms with Gasteiger partial charge in [-0.05, 0) is 26.0 Å². The van der Waals surface area contributed by atoms with Gasteiger partial charge in [-0.3, -0.25) is 9.48 Å². The van der Waals surface area contributed by atoms with E-state index in [0.717, 1.165) is 0 Å². The molecule has 0 aliphatic carbocycles. The van der Waals surface area contributed by atoms with E-state index >= 15 is 0 Å². The van der Waals surface area contributed by atoms with Crippen LogP contribution in [0.2, 0.25) is 0 Å². The molecule has 0 unspecified atom stereocenters. The number of carbonyl (C=O) groups excluding carboxylic acids is 1. The van der Waals surface area contributed by atoms with E-state index < -0.39 is 0 Å². The molecule has 0 atom stereocenters. The number of ether oxygens (including phenoxy) is 1. The standard InChI is InChI=1S/C14H19N5O2/c1-10(2)21-13-6-4-3-5-11(13)16-14(20)12-9-19(8-7-15)18-17-12/h3-6,9-10H,7-8,15H2,1-2H3,(H,16,20). The minimum absolute atomic E-state index is 0.0217. The van der Waals surface area contributed by atoms with Crippen LogP contribution in [0.5, 0.6) is 5.75 Å². The van der Waals surface area contributed by atoms with Gasteiger partial charge >= 0.3 is 0 Å². The molecule has 2 rings (SSSR count). The van der Waals surface area contributed by atoms with Gasteiger partial charge in [-0.25, -0.2) is 0 Å². The number of nitrogens with zero attached hydrogens (tertiary/aromatic N) is 3. The minimum atomic E-state index is -0.335. The lowest BCUT2D eigenvalue weighted by Crippen LogP contribution is -2.15. The highest BCUT2D eigenvalue weighted by molar-refractivity contribution is 6.03. The Balaban J connectivity index is 2.11. The van der Waals surface area contributed by atoms with Gasteiger partial charge in [0.05, 0.1) is 24.5 Å². The van der Waals surface area contributed by atoms with Crippen molar-refractivity contribution in [3.8, 4) is 5.75 Å². The molecule has 1 amide bonds. The van der Waals surface area contributed by atoms with Crippen LogP contribution in [0.1, 0.15) is 24.3 Å². The number of hydrogen-bond acceptors (Lipinski definition) is 5. The van der Waals surface area contributed by atoms with E-state index in [0.29, 0.717) is 24.5 Å². The number of nitrogens with one attached hydrogen (secondary N) is 1. The number of rotatable bonds is 6. The van der Waals surface area contributed by atoms with E-state index in [2.05, 4.69) is 15.6 Å². The van der Waals surface area contributed by atoms with Crippen molar-refractivity contribution in [1.82, 2.24) is 15.0 Å². The molecule has 112 valence electrons. The molecule has 0 aliphatic heterocycles. The Hall–Kier alpha value is -2.41. The fourth-order valence-corrected chi connectivity index (χ4v) is 1.76. The average Bonchev–Trinajstić information content (AvgIpc) is 2.89. The lowest BCUT2D eigenvalue weighted by atomic mass is 10.2. The van der Waals surface area contributed by atoms with Crippen molar-refractivity contribution in [2.24, 2.45) is 5.73 Å². The van der Waals surface area contributed by atoms with E-state index in [1.54, 1.807) is 18.3 Å². The van der Waals surface area contributed by atoms with E-state index in [1.165, 1.54) is 4.68 Å². The molecular formula is C14H19N5O2. The molecule has 0 spiro atoms. The predicted molar refractivity (Wildman–Crippen MR) is 79.2 cm³/mol. The van der Waals surface area contributed by atoms with Gasteiger partial charge in [0.15, 0.2) is 5.69 Å². The monoisotopic (exact) mass is 289 g/mol. The van der Waals surface area contributed by atoms with Crippen LogP contribution in [0, 0.1) is 0 Å². The second-order valence-corrected chi connectivity index (χ2v) is 4.77. The molecule has 1 heterocycles. The van der Waals surface area contributed by atoms with Crippen molar-refractivity contribution >= 4 is 11.6 Å². The largest absolute Gasteiger partial charge is 0.489 e. The van der Waals surface area contributed by atoms with Crippen LogP contribution in [-0.2, 0) is 6.54 Å². The van der Waals surface area contributed by atoms with Crippen LogP contribution in [-0.4, -0.2) is 33.5 Å². The van der Waals surface area contributed by atoms with E-state index in [4.69, 9.17) is 10.5 Å². The van der Waals surface area contributed by atoms with Crippen molar-refractivity contribution in [2.75, 3.05) is 11.9 Å². The Labute approximate surface area is 123 Å². The topological polar surface area (TPSA) is 95.1 Å². The molecular weight excluding hydrogens is 270 g/mol. The summed E-state index contributed by atoms with van der Waals surface area (Å²) in [6.45, 7) is 4.82. The highest BCUT2D eigenvalue weighted by Gasteiger charge is 2.13. The third kappa shape index (κ3) is 4.03. The van der Waals surface area contributed by atoms with Crippen LogP contribution in [0.15, 0.2) is 30.5 Å². The number of amides is 1. The third-order valence-electron chi connectivity index (χ3n) is 2.63. The lowest BCUT2D eigenvalue weighted by Gasteiger charge is -2.14. The first-order chi connectivity index (χ1) is 10.1. The van der Waals surface area contributed by atoms with Gasteiger partial charge in [-0.1, -0.05) is 17.3 Å². The molecule has 7 heteroatoms. The molecule has 1 aromatic heterocycles. The number of benzene rings is 1. The smallest absolute Gasteiger partial charge is 0.277 e. The molecule has 7 nitrogen and oxygen atoms in total. The van der Waals surface area contributed by atoms with Gasteiger partial charge in [0, 0.05) is 6.54 Å². The zero-order chi connectivity index (χ0) is 15.2. The van der Waals surface area contributed by atoms with Gasteiger partial charge in [0.25, 0.3) is 5.91 Å². The summed E-state index contributed by atoms with van der Waals surface area (Å²) in [6.07, 6.45) is 1.59. The Morgan fingerprint density at radius 2 is 2.19 bits per heavy atom. The third-order valence-corrected chi connectivity index (χ3v) is 2.63. The normalized spacial score (nSPS) is 10.7. The average molecular weight is 289 g/mol. The van der Waals surface area contributed by atoms with Crippen LogP contribution in [0.25, 0.3) is 0 Å². The summed E-state index contributed by atoms with van der Waals surface area (Å²) in [5.74, 6) is 0.285. The lowest BCUT2D eigenvalue weighted by molar-refractivity contribution is 0.102. The molecule has 0 saturated carbocycles. The second-order valence-electron chi connectivity index (χ2n) is 4.77. The maximum absolute atomic E-state index is 12.2. The highest BCUT2D eigenvalue weighted by atomic mass is 16.5. The first-order valence-electron chi connectivity index (χ1n) is 6.77. The van der Waals surface area contributed by atoms with Gasteiger partial charge in [-0.15, -0.1) is 5.10 Å². The van der Waals surface area contributed by atoms with Crippen molar-refractivity contribution in [3.63, 3.8) is 0 Å². The van der Waals surface area contributed by atoms with Gasteiger partial charge in [-0.2, -0.15) is 0 Å². The fourth-order valence-electron chi connectivity index (χ4n) is 1.76. The van der Waals surface area contributed by atoms with Crippen molar-refractivity contribution in [3.05, 3.63) is 36.2 Å². The van der Waals surface area contributed by atoms with Gasteiger partial charge in [0.1, 0.15) is 5.75 Å². The molecule has 0 saturated heterocycles. The van der Waals surface area contributed by atoms with Crippen LogP contribution in [0.3, 0.4) is 0 Å². The molecule has 3 N–H and O–H groups in total. The number of para-hydroxylation sites is 2. The summed E-state index contributed by atoms with van der Waals surface area (Å²) in [7, 11) is 0. The molecule has 0 bridgehead atoms. The van der Waals surface area contributed by atoms with E-state index in [1.807, 2.05) is 26.0 Å². The van der Waals surface area contributed by atoms with Gasteiger partial charge < -0.3 is 15.8 Å². The van der Waals surface area contributed by atoms with Crippen molar-refractivity contribution < 1.29 is 9.53 Å². The number of carbonyl (C=O) groups is 1. The first-order valence-corrected chi connectivity index (χ1v) is 6.77. The SMILES string of the molecule is CC(C)Oc1ccccc1NC(=O)c1cn(CCN)nn1. The summed E-state index contributed by atoms with van der Waals surface area (Å²) in [5, 5.41) is 10.4. The summed E-state index contributed by atoms with van der Waals surface area (Å²) in [4.78, 5) is 12.2. The van der Waals surface area contributed by atoms with E-state index in [-0.39, 0.29) is 17.7 Å². The molecule has 0 fully saturated rings. The van der Waals surface area contributed by atoms with Crippen LogP contribution >= 0.6 is 0 Å². The minimum Gasteiger partial charge on any atom is -0.489 e. The summed E-state index contributed by atoms with van der Waals surface area (Å²) in [6, 6.07) is 7.26. The maximum atomic E-state index is 12.2. The van der Waals surface area contributed by atoms with Gasteiger partial charge in [0.2, 0.25) is 0 Å². The second kappa shape index (κ2) is 6.85. The molecule has 1 aromatic carbocycles. The molecule has 21 heavy (non-hydrogen) atoms. The quantitative estimate of drug-likeness (QED) is 0.835. The number of anilines is 1. The Morgan fingerprint density at radius 3 is 2.90 bits per heavy atom.